The van der Waals surface area contributed by atoms with Crippen LogP contribution >= 0.6 is 0 Å². The van der Waals surface area contributed by atoms with Crippen molar-refractivity contribution in [2.24, 2.45) is 0 Å². The van der Waals surface area contributed by atoms with E-state index in [0.29, 0.717) is 6.54 Å². The zero-order chi connectivity index (χ0) is 6.41. The van der Waals surface area contributed by atoms with E-state index in [-0.39, 0.29) is 15.7 Å². The van der Waals surface area contributed by atoms with Gasteiger partial charge in [0.2, 0.25) is 0 Å². The van der Waals surface area contributed by atoms with Crippen molar-refractivity contribution in [1.82, 2.24) is 4.98 Å². The molecule has 0 rings (SSSR count). The number of carbonyl (C=O) groups excluding carboxylic acids is 1. The van der Waals surface area contributed by atoms with Crippen molar-refractivity contribution in [2.75, 3.05) is 13.7 Å². The Kier molecular flexibility index (Phi) is 4.59. The highest BCUT2D eigenvalue weighted by atomic mass is 28.2. The lowest BCUT2D eigenvalue weighted by Crippen LogP contribution is -2.25. The molecule has 0 aliphatic carbocycles. The van der Waals surface area contributed by atoms with Gasteiger partial charge in [-0.15, -0.1) is 0 Å². The lowest BCUT2D eigenvalue weighted by Gasteiger charge is -1.96. The molecule has 0 aromatic carbocycles. The fourth-order valence-electron chi connectivity index (χ4n) is 0.299. The molecule has 4 heteroatoms. The highest BCUT2D eigenvalue weighted by Gasteiger charge is 1.93. The van der Waals surface area contributed by atoms with Gasteiger partial charge < -0.3 is 9.72 Å². The summed E-state index contributed by atoms with van der Waals surface area (Å²) in [5, 5.41) is 0. The minimum absolute atomic E-state index is 0.181. The van der Waals surface area contributed by atoms with Crippen molar-refractivity contribution in [1.29, 1.82) is 0 Å². The van der Waals surface area contributed by atoms with Crippen molar-refractivity contribution in [3.05, 3.63) is 0 Å². The summed E-state index contributed by atoms with van der Waals surface area (Å²) in [6, 6.07) is 0. The van der Waals surface area contributed by atoms with Gasteiger partial charge >= 0.3 is 5.97 Å². The summed E-state index contributed by atoms with van der Waals surface area (Å²) in [7, 11) is 1.20. The molecule has 1 N–H and O–H groups in total. The van der Waals surface area contributed by atoms with Gasteiger partial charge in [-0.2, -0.15) is 0 Å². The van der Waals surface area contributed by atoms with Crippen LogP contribution in [0.15, 0.2) is 0 Å². The van der Waals surface area contributed by atoms with Gasteiger partial charge in [0, 0.05) is 0 Å². The van der Waals surface area contributed by atoms with Gasteiger partial charge in [-0.25, -0.2) is 0 Å². The topological polar surface area (TPSA) is 38.3 Å². The van der Waals surface area contributed by atoms with Crippen LogP contribution in [0.2, 0.25) is 6.55 Å². The molecule has 48 valence electrons. The Morgan fingerprint density at radius 1 is 1.88 bits per heavy atom. The molecule has 0 fully saturated rings. The van der Waals surface area contributed by atoms with Crippen LogP contribution < -0.4 is 4.98 Å². The van der Waals surface area contributed by atoms with Gasteiger partial charge in [0.15, 0.2) is 0 Å². The number of nitrogens with one attached hydrogen (secondary N) is 1. The highest BCUT2D eigenvalue weighted by molar-refractivity contribution is 6.30. The summed E-state index contributed by atoms with van der Waals surface area (Å²) in [5.41, 5.74) is 0. The van der Waals surface area contributed by atoms with E-state index in [9.17, 15) is 4.79 Å². The maximum atomic E-state index is 10.3. The van der Waals surface area contributed by atoms with E-state index in [1.807, 2.05) is 0 Å². The molecule has 0 heterocycles. The minimum atomic E-state index is -0.189. The third-order valence-electron chi connectivity index (χ3n) is 0.747. The number of hydrogen-bond acceptors (Lipinski definition) is 3. The van der Waals surface area contributed by atoms with Crippen LogP contribution in [0.25, 0.3) is 0 Å². The summed E-state index contributed by atoms with van der Waals surface area (Å²) in [4.78, 5) is 13.3. The summed E-state index contributed by atoms with van der Waals surface area (Å²) in [6.07, 6.45) is 0. The Hall–Kier alpha value is -0.353. The van der Waals surface area contributed by atoms with Crippen LogP contribution in [0.3, 0.4) is 0 Å². The zero-order valence-electron chi connectivity index (χ0n) is 5.23. The van der Waals surface area contributed by atoms with Gasteiger partial charge in [-0.05, 0) is 0 Å². The second-order valence-electron chi connectivity index (χ2n) is 1.36. The fraction of sp³-hybridized carbons (Fsp3) is 0.750. The largest absolute Gasteiger partial charge is 0.468 e. The van der Waals surface area contributed by atoms with E-state index in [1.165, 1.54) is 7.11 Å². The first-order chi connectivity index (χ1) is 3.81. The van der Waals surface area contributed by atoms with Crippen LogP contribution in [-0.2, 0) is 9.53 Å². The molecule has 0 atom stereocenters. The summed E-state index contributed by atoms with van der Waals surface area (Å²) < 4.78 is 4.37. The highest BCUT2D eigenvalue weighted by Crippen LogP contribution is 1.66. The molecule has 8 heavy (non-hydrogen) atoms. The van der Waals surface area contributed by atoms with Crippen LogP contribution in [0.4, 0.5) is 0 Å². The first kappa shape index (κ1) is 7.65. The minimum Gasteiger partial charge on any atom is -0.468 e. The van der Waals surface area contributed by atoms with Crippen LogP contribution in [-0.4, -0.2) is 29.3 Å². The van der Waals surface area contributed by atoms with E-state index in [1.54, 1.807) is 0 Å². The SMILES string of the molecule is COC(=O)CN[SiH2]C. The van der Waals surface area contributed by atoms with Gasteiger partial charge in [0.1, 0.15) is 0 Å². The molecule has 0 amide bonds. The van der Waals surface area contributed by atoms with E-state index >= 15 is 0 Å². The fourth-order valence-corrected chi connectivity index (χ4v) is 0.753. The van der Waals surface area contributed by atoms with Gasteiger partial charge in [0.05, 0.1) is 23.3 Å². The van der Waals surface area contributed by atoms with Crippen LogP contribution in [0, 0.1) is 0 Å². The van der Waals surface area contributed by atoms with Crippen molar-refractivity contribution < 1.29 is 9.53 Å². The standard InChI is InChI=1S/C4H11NO2Si/c1-7-4(6)3-5-8-2/h5H,3,8H2,1-2H3. The molecule has 0 spiro atoms. The average Bonchev–Trinajstić information content (AvgIpc) is 1.83. The van der Waals surface area contributed by atoms with E-state index < -0.39 is 0 Å². The normalized spacial score (nSPS) is 10.2. The quantitative estimate of drug-likeness (QED) is 0.391. The zero-order valence-corrected chi connectivity index (χ0v) is 6.64. The van der Waals surface area contributed by atoms with Gasteiger partial charge in [-0.1, -0.05) is 6.55 Å². The third-order valence-corrected chi connectivity index (χ3v) is 1.50. The monoisotopic (exact) mass is 133 g/mol. The van der Waals surface area contributed by atoms with E-state index in [4.69, 9.17) is 0 Å². The van der Waals surface area contributed by atoms with Gasteiger partial charge in [-0.3, -0.25) is 4.79 Å². The van der Waals surface area contributed by atoms with E-state index in [2.05, 4.69) is 16.3 Å². The first-order valence-corrected chi connectivity index (χ1v) is 4.71. The summed E-state index contributed by atoms with van der Waals surface area (Å²) >= 11 is 0. The molecule has 0 aliphatic heterocycles. The molecule has 0 aromatic heterocycles. The molecule has 0 saturated heterocycles. The number of methoxy groups -OCH3 is 1. The second-order valence-corrected chi connectivity index (χ2v) is 2.56. The first-order valence-electron chi connectivity index (χ1n) is 2.58. The van der Waals surface area contributed by atoms with Gasteiger partial charge in [0.25, 0.3) is 0 Å². The average molecular weight is 133 g/mol. The molecule has 0 saturated carbocycles. The number of carbonyl (C=O) groups is 1. The second kappa shape index (κ2) is 4.80. The van der Waals surface area contributed by atoms with Crippen molar-refractivity contribution in [2.45, 2.75) is 6.55 Å². The Morgan fingerprint density at radius 2 is 2.50 bits per heavy atom. The van der Waals surface area contributed by atoms with Crippen LogP contribution in [0.1, 0.15) is 0 Å². The van der Waals surface area contributed by atoms with Crippen molar-refractivity contribution in [3.63, 3.8) is 0 Å². The number of hydrogen-bond donors (Lipinski definition) is 1. The number of rotatable bonds is 3. The summed E-state index contributed by atoms with van der Waals surface area (Å²) in [5.74, 6) is -0.181. The van der Waals surface area contributed by atoms with E-state index in [0.717, 1.165) is 0 Å². The Labute approximate surface area is 51.3 Å². The maximum Gasteiger partial charge on any atom is 0.318 e. The molecule has 0 aromatic rings. The Balaban J connectivity index is 2.99. The van der Waals surface area contributed by atoms with Crippen molar-refractivity contribution in [3.8, 4) is 0 Å². The summed E-state index contributed by atoms with van der Waals surface area (Å²) in [6.45, 7) is 2.45. The maximum absolute atomic E-state index is 10.3. The lowest BCUT2D eigenvalue weighted by atomic mass is 10.7. The predicted molar refractivity (Wildman–Crippen MR) is 34.4 cm³/mol. The smallest absolute Gasteiger partial charge is 0.318 e. The Morgan fingerprint density at radius 3 is 2.88 bits per heavy atom. The Bertz CT molecular complexity index is 76.4. The molecule has 3 nitrogen and oxygen atoms in total. The molecular formula is C4H11NO2Si. The predicted octanol–water partition coefficient (Wildman–Crippen LogP) is -1.12. The van der Waals surface area contributed by atoms with Crippen molar-refractivity contribution >= 4 is 15.7 Å². The number of ether oxygens (including phenoxy) is 1. The molecular weight excluding hydrogens is 122 g/mol. The molecule has 0 radical (unpaired) electrons. The molecule has 0 bridgehead atoms. The number of esters is 1. The third kappa shape index (κ3) is 3.82. The molecule has 0 aliphatic rings. The lowest BCUT2D eigenvalue weighted by molar-refractivity contribution is -0.139. The molecule has 0 unspecified atom stereocenters. The van der Waals surface area contributed by atoms with Crippen LogP contribution in [0.5, 0.6) is 0 Å².